The summed E-state index contributed by atoms with van der Waals surface area (Å²) < 4.78 is 64.3. The first-order valence-electron chi connectivity index (χ1n) is 40.6. The fraction of sp³-hybridized carbons (Fsp3) is 0.367. The van der Waals surface area contributed by atoms with E-state index in [4.69, 9.17) is 77.3 Å². The summed E-state index contributed by atoms with van der Waals surface area (Å²) in [6, 6.07) is 47.0. The summed E-state index contributed by atoms with van der Waals surface area (Å²) in [5, 5.41) is 35.2. The van der Waals surface area contributed by atoms with Crippen molar-refractivity contribution in [1.29, 1.82) is 0 Å². The number of carboxylic acids is 4. The monoisotopic (exact) mass is 1740 g/mol. The Hall–Kier alpha value is -13.7. The van der Waals surface area contributed by atoms with Gasteiger partial charge in [-0.3, -0.25) is 38.4 Å². The molecule has 0 aliphatic carbocycles. The fourth-order valence-corrected chi connectivity index (χ4v) is 11.9. The Morgan fingerprint density at radius 1 is 0.333 bits per heavy atom. The molecule has 0 radical (unpaired) electrons. The topological polar surface area (TPSA) is 397 Å². The molecule has 4 N–H and O–H groups in total. The number of hydrogen-bond acceptors (Lipinski definition) is 24. The van der Waals surface area contributed by atoms with Crippen molar-refractivity contribution in [3.05, 3.63) is 273 Å². The average Bonchev–Trinajstić information content (AvgIpc) is 0.842. The SMILES string of the molecule is C=C(C)C(=O)OCC(COc1ccc(C(C)(C)c2ccc(OCC(COC(=O)C(=C)C)OC(=O)CCC(=O)O)cc2)cc1)OC(=O)CCC(=O)O.C=CC(=O)OCC(COc1ccc(C(C)(C)c2ccc(OCC(COC(=O)C=C)OC(=O)CCC(=O)O)cc2)cc1)OC(=O)CCC(=O)O.Cc1ccc(Cc2cc(Cc3cccc(C)c3C)cc(C)c2C)cc1C. The summed E-state index contributed by atoms with van der Waals surface area (Å²) >= 11 is 0. The van der Waals surface area contributed by atoms with Crippen molar-refractivity contribution in [2.24, 2.45) is 0 Å². The van der Waals surface area contributed by atoms with Gasteiger partial charge in [-0.15, -0.1) is 0 Å². The smallest absolute Gasteiger partial charge is 0.333 e. The maximum Gasteiger partial charge on any atom is 0.333 e. The number of aryl methyl sites for hydroxylation is 4. The van der Waals surface area contributed by atoms with E-state index in [2.05, 4.69) is 116 Å². The molecule has 0 aromatic heterocycles. The van der Waals surface area contributed by atoms with Gasteiger partial charge in [0.1, 0.15) is 75.9 Å². The molecular formula is C98H114O28. The Labute approximate surface area is 734 Å². The highest BCUT2D eigenvalue weighted by Crippen LogP contribution is 2.36. The van der Waals surface area contributed by atoms with E-state index in [9.17, 15) is 57.5 Å². The predicted octanol–water partition coefficient (Wildman–Crippen LogP) is 15.1. The van der Waals surface area contributed by atoms with E-state index < -0.39 is 133 Å². The molecule has 28 nitrogen and oxygen atoms in total. The molecule has 0 fully saturated rings. The van der Waals surface area contributed by atoms with Gasteiger partial charge < -0.3 is 77.3 Å². The first kappa shape index (κ1) is 103. The number of ether oxygens (including phenoxy) is 12. The van der Waals surface area contributed by atoms with Crippen LogP contribution in [0.1, 0.15) is 171 Å². The molecule has 7 aromatic carbocycles. The van der Waals surface area contributed by atoms with Crippen LogP contribution in [0.15, 0.2) is 195 Å². The van der Waals surface area contributed by atoms with E-state index in [-0.39, 0.29) is 89.7 Å². The molecule has 4 atom stereocenters. The number of aliphatic carboxylic acids is 4. The minimum atomic E-state index is -1.15. The highest BCUT2D eigenvalue weighted by Gasteiger charge is 2.29. The highest BCUT2D eigenvalue weighted by atomic mass is 16.6. The van der Waals surface area contributed by atoms with Gasteiger partial charge in [-0.1, -0.05) is 151 Å². The zero-order valence-electron chi connectivity index (χ0n) is 73.5. The summed E-state index contributed by atoms with van der Waals surface area (Å²) in [5.41, 5.74) is 17.2. The van der Waals surface area contributed by atoms with Crippen LogP contribution in [0.4, 0.5) is 0 Å². The van der Waals surface area contributed by atoms with E-state index in [1.54, 1.807) is 48.5 Å². The van der Waals surface area contributed by atoms with E-state index in [0.29, 0.717) is 23.0 Å². The van der Waals surface area contributed by atoms with Crippen molar-refractivity contribution in [3.63, 3.8) is 0 Å². The molecule has 0 spiro atoms. The Kier molecular flexibility index (Phi) is 42.0. The lowest BCUT2D eigenvalue weighted by molar-refractivity contribution is -0.160. The van der Waals surface area contributed by atoms with Crippen LogP contribution < -0.4 is 18.9 Å². The van der Waals surface area contributed by atoms with E-state index in [0.717, 1.165) is 47.2 Å². The molecule has 0 aliphatic heterocycles. The number of hydrogen-bond donors (Lipinski definition) is 4. The molecule has 674 valence electrons. The van der Waals surface area contributed by atoms with Crippen LogP contribution >= 0.6 is 0 Å². The van der Waals surface area contributed by atoms with Crippen molar-refractivity contribution in [2.45, 2.75) is 183 Å². The summed E-state index contributed by atoms with van der Waals surface area (Å²) in [6.45, 7) is 36.1. The van der Waals surface area contributed by atoms with Crippen LogP contribution in [0.5, 0.6) is 23.0 Å². The van der Waals surface area contributed by atoms with Gasteiger partial charge in [-0.05, 0) is 195 Å². The lowest BCUT2D eigenvalue weighted by atomic mass is 9.78. The zero-order chi connectivity index (χ0) is 93.4. The van der Waals surface area contributed by atoms with Gasteiger partial charge in [-0.25, -0.2) is 19.2 Å². The largest absolute Gasteiger partial charge is 0.490 e. The number of carbonyl (C=O) groups is 12. The highest BCUT2D eigenvalue weighted by molar-refractivity contribution is 5.87. The second-order valence-electron chi connectivity index (χ2n) is 30.9. The minimum Gasteiger partial charge on any atom is -0.490 e. The normalized spacial score (nSPS) is 11.8. The molecule has 0 saturated carbocycles. The van der Waals surface area contributed by atoms with Gasteiger partial charge in [0.05, 0.1) is 51.4 Å². The third-order valence-corrected chi connectivity index (χ3v) is 20.0. The summed E-state index contributed by atoms with van der Waals surface area (Å²) in [5.74, 6) is -8.69. The van der Waals surface area contributed by atoms with E-state index in [1.165, 1.54) is 69.5 Å². The molecular weight excluding hydrogens is 1630 g/mol. The molecule has 0 saturated heterocycles. The van der Waals surface area contributed by atoms with E-state index in [1.807, 2.05) is 76.2 Å². The van der Waals surface area contributed by atoms with Gasteiger partial charge in [0, 0.05) is 34.1 Å². The lowest BCUT2D eigenvalue weighted by Crippen LogP contribution is -2.31. The first-order valence-corrected chi connectivity index (χ1v) is 40.6. The predicted molar refractivity (Wildman–Crippen MR) is 466 cm³/mol. The minimum absolute atomic E-state index is 0.160. The third kappa shape index (κ3) is 36.8. The first-order chi connectivity index (χ1) is 59.5. The summed E-state index contributed by atoms with van der Waals surface area (Å²) in [4.78, 5) is 138. The summed E-state index contributed by atoms with van der Waals surface area (Å²) in [7, 11) is 0. The molecule has 0 heterocycles. The Morgan fingerprint density at radius 3 is 0.921 bits per heavy atom. The third-order valence-electron chi connectivity index (χ3n) is 20.0. The Bertz CT molecular complexity index is 4710. The van der Waals surface area contributed by atoms with Crippen LogP contribution in [0.3, 0.4) is 0 Å². The van der Waals surface area contributed by atoms with Crippen LogP contribution in [-0.2, 0) is 119 Å². The van der Waals surface area contributed by atoms with Crippen LogP contribution in [0, 0.1) is 41.5 Å². The van der Waals surface area contributed by atoms with Crippen LogP contribution in [0.25, 0.3) is 0 Å². The van der Waals surface area contributed by atoms with Crippen molar-refractivity contribution < 1.29 is 135 Å². The Balaban J connectivity index is 0.000000352. The summed E-state index contributed by atoms with van der Waals surface area (Å²) in [6.07, 6.45) is -3.04. The molecule has 7 aromatic rings. The Morgan fingerprint density at radius 2 is 0.627 bits per heavy atom. The quantitative estimate of drug-likeness (QED) is 0.0156. The van der Waals surface area contributed by atoms with Gasteiger partial charge in [0.25, 0.3) is 0 Å². The van der Waals surface area contributed by atoms with E-state index >= 15 is 0 Å². The zero-order valence-corrected chi connectivity index (χ0v) is 73.5. The maximum atomic E-state index is 12.1. The molecule has 0 aliphatic rings. The van der Waals surface area contributed by atoms with Crippen molar-refractivity contribution in [2.75, 3.05) is 52.9 Å². The lowest BCUT2D eigenvalue weighted by Gasteiger charge is -2.27. The number of carbonyl (C=O) groups excluding carboxylic acids is 8. The molecule has 0 amide bonds. The van der Waals surface area contributed by atoms with Crippen molar-refractivity contribution in [1.82, 2.24) is 0 Å². The van der Waals surface area contributed by atoms with Crippen LogP contribution in [-0.4, -0.2) is 169 Å². The molecule has 0 bridgehead atoms. The van der Waals surface area contributed by atoms with Gasteiger partial charge >= 0.3 is 71.6 Å². The molecule has 4 unspecified atom stereocenters. The fourth-order valence-electron chi connectivity index (χ4n) is 11.9. The van der Waals surface area contributed by atoms with Gasteiger partial charge in [-0.2, -0.15) is 0 Å². The van der Waals surface area contributed by atoms with Gasteiger partial charge in [0.2, 0.25) is 0 Å². The van der Waals surface area contributed by atoms with Crippen molar-refractivity contribution in [3.8, 4) is 23.0 Å². The molecule has 7 rings (SSSR count). The van der Waals surface area contributed by atoms with Crippen LogP contribution in [0.2, 0.25) is 0 Å². The number of esters is 8. The molecule has 126 heavy (non-hydrogen) atoms. The maximum absolute atomic E-state index is 12.1. The van der Waals surface area contributed by atoms with Crippen molar-refractivity contribution >= 4 is 71.6 Å². The number of benzene rings is 7. The number of rotatable bonds is 48. The second-order valence-corrected chi connectivity index (χ2v) is 30.9. The average molecular weight is 1740 g/mol. The molecule has 28 heteroatoms. The van der Waals surface area contributed by atoms with Gasteiger partial charge in [0.15, 0.2) is 24.4 Å². The number of carboxylic acid groups (broad SMARTS) is 4. The second kappa shape index (κ2) is 51.4. The standard InChI is InChI=1S/C37H44O14.C35H40O14.C26H30/c1-23(2)35(44)48-21-29(50-33(42)17-15-31(38)39)19-46-27-11-7-25(8-12-27)37(5,6)26-9-13-28(14-10-26)47-20-30(22-49-36(45)24(3)4)51-34(43)18-16-32(40)41;1-5-31(40)46-21-27(48-33(42)17-15-29(36)37)19-44-25-11-7-23(8-12-25)35(3,4)24-9-13-26(14-10-24)45-20-28(22-47-32(41)6-2)49-34(43)18-16-30(38)39;1-17-10-11-23(12-19(17)3)14-26-16-24(13-20(4)22(26)6)15-25-9-7-8-18(2)21(25)5/h7-14,29-30H,1,3,15-22H2,2,4-6H3,(H,38,39)(H,40,41);5-14,27-28H,1-2,15-22H2,3-4H3,(H,36,37)(H,38,39);7-13,16H,14-15H2,1-6H3.